The number of nitrogens with one attached hydrogen (secondary N) is 2. The van der Waals surface area contributed by atoms with Crippen LogP contribution in [-0.4, -0.2) is 38.8 Å². The maximum Gasteiger partial charge on any atom is 0.223 e. The van der Waals surface area contributed by atoms with E-state index in [-0.39, 0.29) is 18.4 Å². The zero-order valence-corrected chi connectivity index (χ0v) is 15.3. The Morgan fingerprint density at radius 2 is 1.96 bits per heavy atom. The Labute approximate surface area is 155 Å². The molecule has 0 radical (unpaired) electrons. The van der Waals surface area contributed by atoms with Gasteiger partial charge in [-0.2, -0.15) is 0 Å². The van der Waals surface area contributed by atoms with Crippen molar-refractivity contribution in [2.45, 2.75) is 32.1 Å². The van der Waals surface area contributed by atoms with E-state index in [9.17, 15) is 9.18 Å². The van der Waals surface area contributed by atoms with Gasteiger partial charge in [-0.25, -0.2) is 4.39 Å². The Bertz CT molecular complexity index is 609. The van der Waals surface area contributed by atoms with Gasteiger partial charge in [-0.1, -0.05) is 18.2 Å². The predicted octanol–water partition coefficient (Wildman–Crippen LogP) is 3.33. The second-order valence-corrected chi connectivity index (χ2v) is 7.21. The normalized spacial score (nSPS) is 21.1. The summed E-state index contributed by atoms with van der Waals surface area (Å²) >= 11 is 0. The molecule has 1 aromatic carbocycles. The summed E-state index contributed by atoms with van der Waals surface area (Å²) in [6, 6.07) is 8.29. The standard InChI is InChI=1S/C21H29FN2O2/c22-11-14-24-21(25)19-3-1-17(2-4-19)18-5-7-20(8-6-18)26-15-16-9-12-23-13-10-16/h1,5-8,16,19,23H,2-4,9-15H2,(H,24,25). The summed E-state index contributed by atoms with van der Waals surface area (Å²) in [4.78, 5) is 11.9. The van der Waals surface area contributed by atoms with Gasteiger partial charge in [-0.15, -0.1) is 0 Å². The van der Waals surface area contributed by atoms with Gasteiger partial charge in [-0.05, 0) is 74.4 Å². The topological polar surface area (TPSA) is 50.4 Å². The number of benzene rings is 1. The molecule has 3 rings (SSSR count). The lowest BCUT2D eigenvalue weighted by Gasteiger charge is -2.23. The van der Waals surface area contributed by atoms with Crippen LogP contribution in [0, 0.1) is 11.8 Å². The molecule has 142 valence electrons. The largest absolute Gasteiger partial charge is 0.493 e. The van der Waals surface area contributed by atoms with Crippen LogP contribution in [0.1, 0.15) is 37.7 Å². The summed E-state index contributed by atoms with van der Waals surface area (Å²) in [5, 5.41) is 6.01. The Kier molecular flexibility index (Phi) is 7.06. The predicted molar refractivity (Wildman–Crippen MR) is 102 cm³/mol. The van der Waals surface area contributed by atoms with E-state index >= 15 is 0 Å². The number of rotatable bonds is 7. The highest BCUT2D eigenvalue weighted by Crippen LogP contribution is 2.31. The van der Waals surface area contributed by atoms with Crippen molar-refractivity contribution in [2.24, 2.45) is 11.8 Å². The van der Waals surface area contributed by atoms with Crippen LogP contribution in [0.15, 0.2) is 30.3 Å². The number of alkyl halides is 1. The van der Waals surface area contributed by atoms with Gasteiger partial charge >= 0.3 is 0 Å². The average molecular weight is 360 g/mol. The molecule has 1 heterocycles. The number of amides is 1. The van der Waals surface area contributed by atoms with Gasteiger partial charge < -0.3 is 15.4 Å². The van der Waals surface area contributed by atoms with Crippen molar-refractivity contribution >= 4 is 11.5 Å². The van der Waals surface area contributed by atoms with Gasteiger partial charge in [0.25, 0.3) is 0 Å². The Morgan fingerprint density at radius 1 is 1.19 bits per heavy atom. The molecule has 5 heteroatoms. The fourth-order valence-electron chi connectivity index (χ4n) is 3.68. The van der Waals surface area contributed by atoms with Gasteiger partial charge in [-0.3, -0.25) is 4.79 Å². The lowest BCUT2D eigenvalue weighted by atomic mass is 9.86. The molecular weight excluding hydrogens is 331 g/mol. The molecule has 0 spiro atoms. The minimum Gasteiger partial charge on any atom is -0.493 e. The number of ether oxygens (including phenoxy) is 1. The summed E-state index contributed by atoms with van der Waals surface area (Å²) in [6.07, 6.45) is 6.94. The molecule has 1 aromatic rings. The smallest absolute Gasteiger partial charge is 0.223 e. The van der Waals surface area contributed by atoms with Crippen LogP contribution in [0.25, 0.3) is 5.57 Å². The molecule has 1 aliphatic carbocycles. The highest BCUT2D eigenvalue weighted by Gasteiger charge is 2.21. The summed E-state index contributed by atoms with van der Waals surface area (Å²) < 4.78 is 18.1. The van der Waals surface area contributed by atoms with Crippen LogP contribution in [0.3, 0.4) is 0 Å². The molecule has 1 atom stereocenters. The van der Waals surface area contributed by atoms with Crippen molar-refractivity contribution in [1.29, 1.82) is 0 Å². The molecule has 0 bridgehead atoms. The third-order valence-electron chi connectivity index (χ3n) is 5.34. The summed E-state index contributed by atoms with van der Waals surface area (Å²) in [6.45, 7) is 2.58. The van der Waals surface area contributed by atoms with Crippen LogP contribution < -0.4 is 15.4 Å². The van der Waals surface area contributed by atoms with Gasteiger partial charge in [0.15, 0.2) is 0 Å². The Morgan fingerprint density at radius 3 is 2.62 bits per heavy atom. The first kappa shape index (κ1) is 18.9. The third kappa shape index (κ3) is 5.31. The van der Waals surface area contributed by atoms with Crippen molar-refractivity contribution in [3.05, 3.63) is 35.9 Å². The quantitative estimate of drug-likeness (QED) is 0.784. The number of hydrogen-bond donors (Lipinski definition) is 2. The first-order chi connectivity index (χ1) is 12.8. The number of allylic oxidation sites excluding steroid dienone is 2. The highest BCUT2D eigenvalue weighted by atomic mass is 19.1. The molecule has 2 N–H and O–H groups in total. The van der Waals surface area contributed by atoms with Crippen molar-refractivity contribution in [1.82, 2.24) is 10.6 Å². The van der Waals surface area contributed by atoms with E-state index in [0.29, 0.717) is 5.92 Å². The van der Waals surface area contributed by atoms with E-state index in [1.54, 1.807) is 0 Å². The molecule has 1 aliphatic heterocycles. The zero-order valence-electron chi connectivity index (χ0n) is 15.3. The SMILES string of the molecule is O=C(NCCF)C1CC=C(c2ccc(OCC3CCNCC3)cc2)CC1. The highest BCUT2D eigenvalue weighted by molar-refractivity contribution is 5.80. The maximum atomic E-state index is 12.2. The molecule has 1 amide bonds. The van der Waals surface area contributed by atoms with Crippen molar-refractivity contribution in [3.8, 4) is 5.75 Å². The second kappa shape index (κ2) is 9.72. The van der Waals surface area contributed by atoms with Crippen molar-refractivity contribution in [2.75, 3.05) is 32.9 Å². The summed E-state index contributed by atoms with van der Waals surface area (Å²) in [7, 11) is 0. The van der Waals surface area contributed by atoms with E-state index in [0.717, 1.165) is 44.7 Å². The van der Waals surface area contributed by atoms with Gasteiger partial charge in [0, 0.05) is 12.5 Å². The van der Waals surface area contributed by atoms with E-state index in [1.807, 2.05) is 12.1 Å². The number of carbonyl (C=O) groups excluding carboxylic acids is 1. The van der Waals surface area contributed by atoms with Gasteiger partial charge in [0.05, 0.1) is 6.61 Å². The minimum absolute atomic E-state index is 0.0281. The lowest BCUT2D eigenvalue weighted by Crippen LogP contribution is -2.32. The first-order valence-corrected chi connectivity index (χ1v) is 9.73. The molecule has 26 heavy (non-hydrogen) atoms. The summed E-state index contributed by atoms with van der Waals surface area (Å²) in [5.74, 6) is 1.52. The van der Waals surface area contributed by atoms with Crippen molar-refractivity contribution in [3.63, 3.8) is 0 Å². The molecule has 1 saturated heterocycles. The number of piperidine rings is 1. The van der Waals surface area contributed by atoms with Crippen LogP contribution in [0.5, 0.6) is 5.75 Å². The van der Waals surface area contributed by atoms with Crippen LogP contribution in [0.4, 0.5) is 4.39 Å². The van der Waals surface area contributed by atoms with Gasteiger partial charge in [0.1, 0.15) is 12.4 Å². The van der Waals surface area contributed by atoms with E-state index in [2.05, 4.69) is 28.8 Å². The zero-order chi connectivity index (χ0) is 18.2. The summed E-state index contributed by atoms with van der Waals surface area (Å²) in [5.41, 5.74) is 2.48. The molecule has 4 nitrogen and oxygen atoms in total. The van der Waals surface area contributed by atoms with Crippen LogP contribution in [0.2, 0.25) is 0 Å². The lowest BCUT2D eigenvalue weighted by molar-refractivity contribution is -0.125. The van der Waals surface area contributed by atoms with Crippen LogP contribution >= 0.6 is 0 Å². The fraction of sp³-hybridized carbons (Fsp3) is 0.571. The molecule has 0 aromatic heterocycles. The van der Waals surface area contributed by atoms with E-state index in [4.69, 9.17) is 4.74 Å². The number of carbonyl (C=O) groups is 1. The Hall–Kier alpha value is -1.88. The van der Waals surface area contributed by atoms with Crippen LogP contribution in [-0.2, 0) is 4.79 Å². The van der Waals surface area contributed by atoms with E-state index < -0.39 is 6.67 Å². The third-order valence-corrected chi connectivity index (χ3v) is 5.34. The van der Waals surface area contributed by atoms with Gasteiger partial charge in [0.2, 0.25) is 5.91 Å². The molecular formula is C21H29FN2O2. The first-order valence-electron chi connectivity index (χ1n) is 9.73. The Balaban J connectivity index is 1.49. The maximum absolute atomic E-state index is 12.2. The molecule has 1 unspecified atom stereocenters. The number of hydrogen-bond acceptors (Lipinski definition) is 3. The minimum atomic E-state index is -0.508. The second-order valence-electron chi connectivity index (χ2n) is 7.21. The molecule has 0 saturated carbocycles. The van der Waals surface area contributed by atoms with Crippen molar-refractivity contribution < 1.29 is 13.9 Å². The molecule has 1 fully saturated rings. The monoisotopic (exact) mass is 360 g/mol. The van der Waals surface area contributed by atoms with E-state index in [1.165, 1.54) is 24.0 Å². The average Bonchev–Trinajstić information content (AvgIpc) is 2.72. The fourth-order valence-corrected chi connectivity index (χ4v) is 3.68. The number of halogens is 1. The molecule has 2 aliphatic rings.